The highest BCUT2D eigenvalue weighted by molar-refractivity contribution is 7.79. The lowest BCUT2D eigenvalue weighted by atomic mass is 9.89. The van der Waals surface area contributed by atoms with E-state index in [9.17, 15) is 8.76 Å². The van der Waals surface area contributed by atoms with Crippen LogP contribution < -0.4 is 10.6 Å². The maximum absolute atomic E-state index is 11.7. The fourth-order valence-corrected chi connectivity index (χ4v) is 4.81. The molecule has 0 saturated heterocycles. The number of halogens is 1. The fraction of sp³-hybridized carbons (Fsp3) is 0.476. The molecule has 0 saturated carbocycles. The summed E-state index contributed by atoms with van der Waals surface area (Å²) in [5.41, 5.74) is 4.73. The Hall–Kier alpha value is -1.47. The van der Waals surface area contributed by atoms with Crippen molar-refractivity contribution in [2.45, 2.75) is 45.4 Å². The molecule has 0 fully saturated rings. The molecule has 0 aliphatic carbocycles. The van der Waals surface area contributed by atoms with Crippen LogP contribution in [0.5, 0.6) is 0 Å². The smallest absolute Gasteiger partial charge is 0.0686 e. The highest BCUT2D eigenvalue weighted by atomic mass is 35.5. The Labute approximate surface area is 174 Å². The number of nitrogens with one attached hydrogen (secondary N) is 2. The van der Waals surface area contributed by atoms with E-state index >= 15 is 0 Å². The van der Waals surface area contributed by atoms with Gasteiger partial charge in [-0.05, 0) is 71.2 Å². The summed E-state index contributed by atoms with van der Waals surface area (Å²) in [4.78, 5) is 4.43. The molecule has 2 unspecified atom stereocenters. The van der Waals surface area contributed by atoms with E-state index in [1.54, 1.807) is 12.3 Å². The molecule has 1 aromatic carbocycles. The number of rotatable bonds is 5. The molecule has 2 heterocycles. The van der Waals surface area contributed by atoms with Gasteiger partial charge in [-0.25, -0.2) is 0 Å². The summed E-state index contributed by atoms with van der Waals surface area (Å²) < 4.78 is 23.3. The predicted molar refractivity (Wildman–Crippen MR) is 114 cm³/mol. The molecular weight excluding hydrogens is 394 g/mol. The van der Waals surface area contributed by atoms with Gasteiger partial charge < -0.3 is 15.2 Å². The molecule has 1 aliphatic rings. The molecular formula is C21H27ClN3O2S-. The molecule has 1 aromatic heterocycles. The first-order valence-corrected chi connectivity index (χ1v) is 11.1. The van der Waals surface area contributed by atoms with E-state index in [4.69, 9.17) is 11.6 Å². The van der Waals surface area contributed by atoms with Crippen LogP contribution in [0.2, 0.25) is 5.02 Å². The second kappa shape index (κ2) is 8.91. The zero-order chi connectivity index (χ0) is 20.3. The number of pyridine rings is 1. The standard InChI is InChI=1S/C21H28ClN3O2S/c1-21(2,3)20(28(26)27)18-7-4-14(12-24-18)13-25-19-16-9-11-23-10-8-15(16)5-6-17(19)22/h4-7,12,20,23,25H,8-11,13H2,1-3H3,(H,26,27)/p-1. The van der Waals surface area contributed by atoms with Crippen LogP contribution in [0.25, 0.3) is 0 Å². The lowest BCUT2D eigenvalue weighted by molar-refractivity contribution is 0.369. The minimum atomic E-state index is -2.22. The van der Waals surface area contributed by atoms with Gasteiger partial charge in [-0.1, -0.05) is 44.5 Å². The summed E-state index contributed by atoms with van der Waals surface area (Å²) in [6, 6.07) is 7.80. The maximum atomic E-state index is 11.7. The zero-order valence-electron chi connectivity index (χ0n) is 16.5. The van der Waals surface area contributed by atoms with Gasteiger partial charge in [0.1, 0.15) is 0 Å². The topological polar surface area (TPSA) is 77.1 Å². The quantitative estimate of drug-likeness (QED) is 0.715. The highest BCUT2D eigenvalue weighted by Crippen LogP contribution is 2.36. The van der Waals surface area contributed by atoms with Gasteiger partial charge in [0.2, 0.25) is 0 Å². The third-order valence-electron chi connectivity index (χ3n) is 5.05. The summed E-state index contributed by atoms with van der Waals surface area (Å²) in [5, 5.41) is 6.97. The molecule has 152 valence electrons. The fourth-order valence-electron chi connectivity index (χ4n) is 3.65. The molecule has 1 aliphatic heterocycles. The first-order chi connectivity index (χ1) is 13.3. The number of aromatic nitrogens is 1. The van der Waals surface area contributed by atoms with Gasteiger partial charge in [-0.3, -0.25) is 9.19 Å². The molecule has 3 rings (SSSR count). The van der Waals surface area contributed by atoms with Gasteiger partial charge in [0, 0.05) is 12.7 Å². The van der Waals surface area contributed by atoms with Gasteiger partial charge in [-0.2, -0.15) is 0 Å². The summed E-state index contributed by atoms with van der Waals surface area (Å²) in [5.74, 6) is 0. The lowest BCUT2D eigenvalue weighted by Gasteiger charge is -2.31. The van der Waals surface area contributed by atoms with Crippen LogP contribution in [0.15, 0.2) is 30.5 Å². The van der Waals surface area contributed by atoms with E-state index in [-0.39, 0.29) is 0 Å². The third-order valence-corrected chi connectivity index (χ3v) is 6.69. The van der Waals surface area contributed by atoms with Crippen molar-refractivity contribution in [3.63, 3.8) is 0 Å². The minimum absolute atomic E-state index is 0.414. The highest BCUT2D eigenvalue weighted by Gasteiger charge is 2.28. The van der Waals surface area contributed by atoms with Crippen molar-refractivity contribution in [1.29, 1.82) is 0 Å². The van der Waals surface area contributed by atoms with Crippen LogP contribution >= 0.6 is 11.6 Å². The summed E-state index contributed by atoms with van der Waals surface area (Å²) >= 11 is 4.24. The molecule has 0 amide bonds. The number of anilines is 1. The summed E-state index contributed by atoms with van der Waals surface area (Å²) in [6.45, 7) is 8.22. The van der Waals surface area contributed by atoms with Crippen molar-refractivity contribution < 1.29 is 8.76 Å². The molecule has 5 nitrogen and oxygen atoms in total. The van der Waals surface area contributed by atoms with Crippen molar-refractivity contribution in [2.24, 2.45) is 5.41 Å². The van der Waals surface area contributed by atoms with Crippen LogP contribution in [-0.2, 0) is 30.5 Å². The van der Waals surface area contributed by atoms with E-state index < -0.39 is 21.7 Å². The van der Waals surface area contributed by atoms with E-state index in [1.165, 1.54) is 11.1 Å². The summed E-state index contributed by atoms with van der Waals surface area (Å²) in [6.07, 6.45) is 3.68. The molecule has 2 atom stereocenters. The molecule has 2 N–H and O–H groups in total. The Morgan fingerprint density at radius 3 is 2.64 bits per heavy atom. The molecule has 2 aromatic rings. The van der Waals surface area contributed by atoms with Crippen LogP contribution in [0.4, 0.5) is 5.69 Å². The minimum Gasteiger partial charge on any atom is -0.772 e. The van der Waals surface area contributed by atoms with Crippen molar-refractivity contribution in [2.75, 3.05) is 18.4 Å². The van der Waals surface area contributed by atoms with Crippen molar-refractivity contribution >= 4 is 28.4 Å². The second-order valence-corrected chi connectivity index (χ2v) is 9.66. The Kier molecular flexibility index (Phi) is 6.76. The average Bonchev–Trinajstić information content (AvgIpc) is 2.86. The largest absolute Gasteiger partial charge is 0.772 e. The second-order valence-electron chi connectivity index (χ2n) is 8.26. The number of fused-ring (bicyclic) bond motifs is 1. The van der Waals surface area contributed by atoms with Crippen LogP contribution in [0.3, 0.4) is 0 Å². The Morgan fingerprint density at radius 1 is 1.25 bits per heavy atom. The normalized spacial score (nSPS) is 16.8. The van der Waals surface area contributed by atoms with Gasteiger partial charge >= 0.3 is 0 Å². The summed E-state index contributed by atoms with van der Waals surface area (Å²) in [7, 11) is 0. The molecule has 0 bridgehead atoms. The Bertz CT molecular complexity index is 850. The van der Waals surface area contributed by atoms with Crippen LogP contribution in [-0.4, -0.2) is 26.8 Å². The van der Waals surface area contributed by atoms with Crippen molar-refractivity contribution in [1.82, 2.24) is 10.3 Å². The van der Waals surface area contributed by atoms with E-state index in [0.29, 0.717) is 12.2 Å². The van der Waals surface area contributed by atoms with Crippen molar-refractivity contribution in [3.8, 4) is 0 Å². The first-order valence-electron chi connectivity index (χ1n) is 9.55. The van der Waals surface area contributed by atoms with E-state index in [1.807, 2.05) is 32.9 Å². The molecule has 7 heteroatoms. The monoisotopic (exact) mass is 420 g/mol. The van der Waals surface area contributed by atoms with Gasteiger partial charge in [0.25, 0.3) is 0 Å². The number of benzene rings is 1. The van der Waals surface area contributed by atoms with E-state index in [0.717, 1.165) is 42.2 Å². The van der Waals surface area contributed by atoms with Gasteiger partial charge in [0.05, 0.1) is 21.7 Å². The van der Waals surface area contributed by atoms with Crippen molar-refractivity contribution in [3.05, 3.63) is 57.9 Å². The maximum Gasteiger partial charge on any atom is 0.0686 e. The Morgan fingerprint density at radius 2 is 2.00 bits per heavy atom. The number of hydrogen-bond donors (Lipinski definition) is 2. The lowest BCUT2D eigenvalue weighted by Crippen LogP contribution is -2.23. The van der Waals surface area contributed by atoms with Crippen LogP contribution in [0, 0.1) is 5.41 Å². The first kappa shape index (κ1) is 21.2. The zero-order valence-corrected chi connectivity index (χ0v) is 18.1. The van der Waals surface area contributed by atoms with Crippen LogP contribution in [0.1, 0.15) is 48.4 Å². The van der Waals surface area contributed by atoms with E-state index in [2.05, 4.69) is 21.7 Å². The predicted octanol–water partition coefficient (Wildman–Crippen LogP) is 4.00. The number of nitrogens with zero attached hydrogens (tertiary/aromatic N) is 1. The number of hydrogen-bond acceptors (Lipinski definition) is 5. The SMILES string of the molecule is CC(C)(C)C(c1ccc(CNc2c(Cl)ccc3c2CCNCC3)cn1)S(=O)[O-]. The molecule has 28 heavy (non-hydrogen) atoms. The Balaban J connectivity index is 1.77. The van der Waals surface area contributed by atoms with Gasteiger partial charge in [-0.15, -0.1) is 0 Å². The molecule has 0 spiro atoms. The van der Waals surface area contributed by atoms with Gasteiger partial charge in [0.15, 0.2) is 0 Å². The molecule has 0 radical (unpaired) electrons. The third kappa shape index (κ3) is 4.92. The average molecular weight is 421 g/mol.